The summed E-state index contributed by atoms with van der Waals surface area (Å²) in [5.41, 5.74) is -0.509. The molecule has 0 radical (unpaired) electrons. The average Bonchev–Trinajstić information content (AvgIpc) is 3.39. The summed E-state index contributed by atoms with van der Waals surface area (Å²) in [7, 11) is 1.56. The number of ether oxygens (including phenoxy) is 1. The molecule has 3 aliphatic rings. The number of benzene rings is 2. The summed E-state index contributed by atoms with van der Waals surface area (Å²) < 4.78 is 63.5. The van der Waals surface area contributed by atoms with Crippen LogP contribution in [0.4, 0.5) is 17.6 Å². The summed E-state index contributed by atoms with van der Waals surface area (Å²) in [4.78, 5) is 29.1. The first-order valence-electron chi connectivity index (χ1n) is 15.6. The number of allylic oxidation sites excluding steroid dienone is 2. The molecular weight excluding hydrogens is 588 g/mol. The van der Waals surface area contributed by atoms with Crippen molar-refractivity contribution in [2.45, 2.75) is 82.1 Å². The zero-order chi connectivity index (χ0) is 32.7. The fraction of sp³-hybridized carbons (Fsp3) is 0.543. The van der Waals surface area contributed by atoms with Crippen molar-refractivity contribution in [3.05, 3.63) is 70.8 Å². The molecule has 1 N–H and O–H groups in total. The Bertz CT molecular complexity index is 1440. The van der Waals surface area contributed by atoms with Gasteiger partial charge in [0.1, 0.15) is 5.75 Å². The SMILES string of the molecule is COc1ccc([C@@H]2CN(C(C)(C)C)C[C@@]2(F)C(=O)N2CCC(c3ccc(C(F)(F)F)cc3C3=CCC(C(=O)O)CC3)CC2)cc1. The predicted molar refractivity (Wildman–Crippen MR) is 164 cm³/mol. The lowest BCUT2D eigenvalue weighted by Gasteiger charge is -2.38. The molecule has 2 aromatic rings. The number of nitrogens with zero attached hydrogens (tertiary/aromatic N) is 2. The molecule has 5 rings (SSSR count). The standard InChI is InChI=1S/C35H42F4N2O4/c1-33(2,3)41-20-30(24-9-12-27(45-4)13-10-24)34(36,21-41)32(44)40-17-15-23(16-18-40)28-14-11-26(35(37,38)39)19-29(28)22-5-7-25(8-6-22)31(42)43/h5,9-14,19,23,25,30H,6-8,15-18,20-21H2,1-4H3,(H,42,43)/t25?,30-,34-/m0/s1. The smallest absolute Gasteiger partial charge is 0.416 e. The summed E-state index contributed by atoms with van der Waals surface area (Å²) in [6.07, 6.45) is -0.768. The Hall–Kier alpha value is -3.40. The fourth-order valence-electron chi connectivity index (χ4n) is 7.08. The van der Waals surface area contributed by atoms with Gasteiger partial charge < -0.3 is 14.7 Å². The molecule has 2 aromatic carbocycles. The highest BCUT2D eigenvalue weighted by atomic mass is 19.4. The van der Waals surface area contributed by atoms with Crippen molar-refractivity contribution in [3.8, 4) is 5.75 Å². The molecule has 2 saturated heterocycles. The highest BCUT2D eigenvalue weighted by Crippen LogP contribution is 2.45. The Morgan fingerprint density at radius 3 is 2.20 bits per heavy atom. The van der Waals surface area contributed by atoms with Gasteiger partial charge in [0, 0.05) is 37.6 Å². The van der Waals surface area contributed by atoms with Crippen molar-refractivity contribution >= 4 is 17.4 Å². The van der Waals surface area contributed by atoms with Crippen LogP contribution in [0.1, 0.15) is 87.0 Å². The van der Waals surface area contributed by atoms with Gasteiger partial charge in [0.25, 0.3) is 5.91 Å². The molecule has 0 saturated carbocycles. The summed E-state index contributed by atoms with van der Waals surface area (Å²) in [5.74, 6) is -2.13. The third-order valence-electron chi connectivity index (χ3n) is 9.91. The number of carboxylic acid groups (broad SMARTS) is 1. The normalized spacial score (nSPS) is 25.2. The molecule has 0 bridgehead atoms. The third kappa shape index (κ3) is 6.76. The summed E-state index contributed by atoms with van der Waals surface area (Å²) in [6.45, 7) is 6.96. The van der Waals surface area contributed by atoms with Gasteiger partial charge in [-0.05, 0) is 105 Å². The second-order valence-electron chi connectivity index (χ2n) is 13.6. The van der Waals surface area contributed by atoms with Crippen LogP contribution in [-0.2, 0) is 15.8 Å². The number of hydrogen-bond acceptors (Lipinski definition) is 4. The molecule has 10 heteroatoms. The molecule has 244 valence electrons. The summed E-state index contributed by atoms with van der Waals surface area (Å²) >= 11 is 0. The van der Waals surface area contributed by atoms with Gasteiger partial charge in [0.15, 0.2) is 0 Å². The summed E-state index contributed by atoms with van der Waals surface area (Å²) in [6, 6.07) is 11.0. The number of likely N-dealkylation sites (tertiary alicyclic amines) is 2. The molecule has 1 unspecified atom stereocenters. The van der Waals surface area contributed by atoms with Crippen LogP contribution in [0.3, 0.4) is 0 Å². The molecular formula is C35H42F4N2O4. The van der Waals surface area contributed by atoms with Crippen LogP contribution in [0.25, 0.3) is 5.57 Å². The summed E-state index contributed by atoms with van der Waals surface area (Å²) in [5, 5.41) is 9.38. The quantitative estimate of drug-likeness (QED) is 0.340. The third-order valence-corrected chi connectivity index (χ3v) is 9.91. The average molecular weight is 631 g/mol. The number of carboxylic acids is 1. The van der Waals surface area contributed by atoms with E-state index in [1.165, 1.54) is 12.1 Å². The molecule has 3 atom stereocenters. The van der Waals surface area contributed by atoms with E-state index in [0.29, 0.717) is 56.6 Å². The zero-order valence-corrected chi connectivity index (χ0v) is 26.3. The van der Waals surface area contributed by atoms with Gasteiger partial charge in [-0.3, -0.25) is 14.5 Å². The van der Waals surface area contributed by atoms with Crippen molar-refractivity contribution < 1.29 is 37.0 Å². The topological polar surface area (TPSA) is 70.1 Å². The number of halogens is 4. The van der Waals surface area contributed by atoms with Crippen LogP contribution in [0.2, 0.25) is 0 Å². The van der Waals surface area contributed by atoms with Gasteiger partial charge in [-0.15, -0.1) is 0 Å². The van der Waals surface area contributed by atoms with E-state index in [4.69, 9.17) is 4.74 Å². The Morgan fingerprint density at radius 2 is 1.67 bits per heavy atom. The minimum atomic E-state index is -4.51. The van der Waals surface area contributed by atoms with Crippen molar-refractivity contribution in [1.82, 2.24) is 9.80 Å². The van der Waals surface area contributed by atoms with Gasteiger partial charge in [-0.1, -0.05) is 24.3 Å². The fourth-order valence-corrected chi connectivity index (χ4v) is 7.08. The second kappa shape index (κ2) is 12.4. The highest BCUT2D eigenvalue weighted by molar-refractivity contribution is 5.87. The Morgan fingerprint density at radius 1 is 1.00 bits per heavy atom. The lowest BCUT2D eigenvalue weighted by molar-refractivity contribution is -0.145. The van der Waals surface area contributed by atoms with E-state index >= 15 is 4.39 Å². The first kappa shape index (κ1) is 33.0. The number of aliphatic carboxylic acids is 1. The lowest BCUT2D eigenvalue weighted by atomic mass is 9.79. The van der Waals surface area contributed by atoms with Gasteiger partial charge in [0.05, 0.1) is 18.6 Å². The van der Waals surface area contributed by atoms with E-state index in [2.05, 4.69) is 0 Å². The number of hydrogen-bond donors (Lipinski definition) is 1. The largest absolute Gasteiger partial charge is 0.497 e. The number of amides is 1. The van der Waals surface area contributed by atoms with E-state index in [1.54, 1.807) is 30.2 Å². The molecule has 2 fully saturated rings. The first-order valence-corrected chi connectivity index (χ1v) is 15.6. The van der Waals surface area contributed by atoms with Crippen molar-refractivity contribution in [1.29, 1.82) is 0 Å². The van der Waals surface area contributed by atoms with Gasteiger partial charge in [0.2, 0.25) is 5.67 Å². The maximum Gasteiger partial charge on any atom is 0.416 e. The highest BCUT2D eigenvalue weighted by Gasteiger charge is 2.57. The van der Waals surface area contributed by atoms with Crippen LogP contribution in [-0.4, -0.2) is 71.3 Å². The minimum Gasteiger partial charge on any atom is -0.497 e. The van der Waals surface area contributed by atoms with Crippen LogP contribution in [0, 0.1) is 5.92 Å². The molecule has 1 aliphatic carbocycles. The van der Waals surface area contributed by atoms with E-state index < -0.39 is 41.1 Å². The Kier molecular flexibility index (Phi) is 9.10. The molecule has 2 heterocycles. The van der Waals surface area contributed by atoms with Crippen LogP contribution < -0.4 is 4.74 Å². The van der Waals surface area contributed by atoms with Crippen molar-refractivity contribution in [2.75, 3.05) is 33.3 Å². The minimum absolute atomic E-state index is 0.0273. The maximum absolute atomic E-state index is 17.2. The number of carbonyl (C=O) groups excluding carboxylic acids is 1. The second-order valence-corrected chi connectivity index (χ2v) is 13.6. The predicted octanol–water partition coefficient (Wildman–Crippen LogP) is 7.29. The number of rotatable bonds is 6. The number of methoxy groups -OCH3 is 1. The number of piperidine rings is 1. The maximum atomic E-state index is 17.2. The van der Waals surface area contributed by atoms with Gasteiger partial charge in [-0.25, -0.2) is 4.39 Å². The Labute approximate surface area is 262 Å². The van der Waals surface area contributed by atoms with Crippen LogP contribution >= 0.6 is 0 Å². The molecule has 1 amide bonds. The Balaban J connectivity index is 1.37. The van der Waals surface area contributed by atoms with E-state index in [-0.39, 0.29) is 24.4 Å². The van der Waals surface area contributed by atoms with E-state index in [1.807, 2.05) is 37.8 Å². The van der Waals surface area contributed by atoms with E-state index in [9.17, 15) is 27.9 Å². The van der Waals surface area contributed by atoms with Gasteiger partial charge in [-0.2, -0.15) is 13.2 Å². The van der Waals surface area contributed by atoms with E-state index in [0.717, 1.165) is 22.8 Å². The molecule has 0 spiro atoms. The molecule has 2 aliphatic heterocycles. The van der Waals surface area contributed by atoms with Crippen LogP contribution in [0.15, 0.2) is 48.5 Å². The first-order chi connectivity index (χ1) is 21.1. The zero-order valence-electron chi connectivity index (χ0n) is 26.3. The van der Waals surface area contributed by atoms with Crippen molar-refractivity contribution in [2.24, 2.45) is 5.92 Å². The monoisotopic (exact) mass is 630 g/mol. The van der Waals surface area contributed by atoms with Gasteiger partial charge >= 0.3 is 12.1 Å². The molecule has 0 aromatic heterocycles. The van der Waals surface area contributed by atoms with Crippen LogP contribution in [0.5, 0.6) is 5.75 Å². The number of alkyl halides is 4. The van der Waals surface area contributed by atoms with Crippen molar-refractivity contribution in [3.63, 3.8) is 0 Å². The lowest BCUT2D eigenvalue weighted by Crippen LogP contribution is -2.53. The molecule has 45 heavy (non-hydrogen) atoms. The molecule has 6 nitrogen and oxygen atoms in total. The number of carbonyl (C=O) groups is 2.